The van der Waals surface area contributed by atoms with E-state index in [2.05, 4.69) is 55.8 Å². The molecule has 1 N–H and O–H groups in total. The summed E-state index contributed by atoms with van der Waals surface area (Å²) in [5.41, 5.74) is 2.77. The summed E-state index contributed by atoms with van der Waals surface area (Å²) < 4.78 is 35.0. The highest BCUT2D eigenvalue weighted by Crippen LogP contribution is 2.38. The number of para-hydroxylation sites is 2. The largest absolute Gasteiger partial charge is 0.507 e. The summed E-state index contributed by atoms with van der Waals surface area (Å²) in [7, 11) is 2.29. The van der Waals surface area contributed by atoms with Crippen molar-refractivity contribution in [2.75, 3.05) is 0 Å². The number of ether oxygens (including phenoxy) is 1. The lowest BCUT2D eigenvalue weighted by molar-refractivity contribution is 0.444. The van der Waals surface area contributed by atoms with E-state index in [9.17, 15) is 13.9 Å². The Kier molecular flexibility index (Phi) is 7.43. The molecule has 0 saturated carbocycles. The molecule has 0 aliphatic rings. The van der Waals surface area contributed by atoms with Crippen molar-refractivity contribution >= 4 is 26.4 Å². The van der Waals surface area contributed by atoms with Gasteiger partial charge in [0.15, 0.2) is 5.75 Å². The van der Waals surface area contributed by atoms with Gasteiger partial charge in [-0.3, -0.25) is 4.99 Å². The number of benzene rings is 3. The van der Waals surface area contributed by atoms with Crippen LogP contribution in [-0.2, 0) is 10.8 Å². The second kappa shape index (κ2) is 9.70. The Morgan fingerprint density at radius 1 is 0.914 bits per heavy atom. The molecule has 0 spiro atoms. The molecule has 0 heterocycles. The van der Waals surface area contributed by atoms with Crippen LogP contribution < -0.4 is 10.0 Å². The second-order valence-electron chi connectivity index (χ2n) is 10.9. The molecule has 186 valence electrons. The summed E-state index contributed by atoms with van der Waals surface area (Å²) in [6, 6.07) is 11.0. The zero-order valence-corrected chi connectivity index (χ0v) is 22.8. The van der Waals surface area contributed by atoms with Crippen molar-refractivity contribution in [2.45, 2.75) is 66.2 Å². The molecule has 3 nitrogen and oxygen atoms in total. The first kappa shape index (κ1) is 26.8. The van der Waals surface area contributed by atoms with Gasteiger partial charge in [0.2, 0.25) is 0 Å². The number of hydrogen-bond donors (Lipinski definition) is 1. The molecule has 0 bridgehead atoms. The zero-order valence-electron chi connectivity index (χ0n) is 21.7. The van der Waals surface area contributed by atoms with E-state index in [1.807, 2.05) is 12.1 Å². The van der Waals surface area contributed by atoms with Gasteiger partial charge < -0.3 is 9.84 Å². The van der Waals surface area contributed by atoms with Gasteiger partial charge in [-0.2, -0.15) is 0 Å². The molecule has 3 aromatic rings. The van der Waals surface area contributed by atoms with Gasteiger partial charge in [0.05, 0.1) is 0 Å². The van der Waals surface area contributed by atoms with Crippen LogP contribution in [0.15, 0.2) is 41.4 Å². The summed E-state index contributed by atoms with van der Waals surface area (Å²) in [5.74, 6) is -0.666. The van der Waals surface area contributed by atoms with Crippen LogP contribution in [0.25, 0.3) is 0 Å². The highest BCUT2D eigenvalue weighted by atomic mass is 31.0. The molecule has 0 saturated heterocycles. The zero-order chi connectivity index (χ0) is 26.3. The lowest BCUT2D eigenvalue weighted by atomic mass is 9.79. The maximum absolute atomic E-state index is 14.5. The standard InChI is InChI=1S/C29H34F2NO2P/c1-16-23(30)17(2)26(27(35)24(16)31)34-22-12-10-9-11-21(22)32-15-18-13-19(28(3,4)5)14-20(25(18)33)29(6,7)8/h9-15,33H,35H2,1-8H3. The predicted molar refractivity (Wildman–Crippen MR) is 144 cm³/mol. The van der Waals surface area contributed by atoms with Crippen LogP contribution in [0.5, 0.6) is 17.2 Å². The van der Waals surface area contributed by atoms with E-state index in [0.717, 1.165) is 11.1 Å². The van der Waals surface area contributed by atoms with Gasteiger partial charge in [-0.15, -0.1) is 0 Å². The Balaban J connectivity index is 2.09. The van der Waals surface area contributed by atoms with Crippen LogP contribution in [-0.4, -0.2) is 11.3 Å². The van der Waals surface area contributed by atoms with Gasteiger partial charge in [-0.1, -0.05) is 69.0 Å². The van der Waals surface area contributed by atoms with Gasteiger partial charge in [0.1, 0.15) is 28.8 Å². The highest BCUT2D eigenvalue weighted by Gasteiger charge is 2.25. The quantitative estimate of drug-likeness (QED) is 0.294. The number of aromatic hydroxyl groups is 1. The van der Waals surface area contributed by atoms with Gasteiger partial charge in [-0.25, -0.2) is 8.78 Å². The third-order valence-corrected chi connectivity index (χ3v) is 6.56. The minimum atomic E-state index is -0.660. The van der Waals surface area contributed by atoms with Gasteiger partial charge >= 0.3 is 0 Å². The average molecular weight is 498 g/mol. The number of nitrogens with zero attached hydrogens (tertiary/aromatic N) is 1. The highest BCUT2D eigenvalue weighted by molar-refractivity contribution is 7.27. The molecule has 0 aliphatic heterocycles. The maximum atomic E-state index is 14.5. The Morgan fingerprint density at radius 2 is 1.54 bits per heavy atom. The molecular formula is C29H34F2NO2P. The van der Waals surface area contributed by atoms with Crippen LogP contribution in [0, 0.1) is 25.5 Å². The molecule has 0 aliphatic carbocycles. The fraction of sp³-hybridized carbons (Fsp3) is 0.345. The minimum absolute atomic E-state index is 0.0463. The first-order valence-corrected chi connectivity index (χ1v) is 12.1. The van der Waals surface area contributed by atoms with E-state index in [1.165, 1.54) is 6.92 Å². The van der Waals surface area contributed by atoms with Crippen molar-refractivity contribution in [1.82, 2.24) is 0 Å². The van der Waals surface area contributed by atoms with Crippen molar-refractivity contribution in [3.63, 3.8) is 0 Å². The number of aliphatic imine (C=N–C) groups is 1. The number of halogens is 2. The Bertz CT molecular complexity index is 1270. The third kappa shape index (κ3) is 5.56. The van der Waals surface area contributed by atoms with Crippen molar-refractivity contribution in [2.24, 2.45) is 4.99 Å². The number of rotatable bonds is 4. The first-order chi connectivity index (χ1) is 16.1. The van der Waals surface area contributed by atoms with Crippen LogP contribution in [0.1, 0.15) is 69.4 Å². The molecule has 0 amide bonds. The lowest BCUT2D eigenvalue weighted by Crippen LogP contribution is -2.17. The number of hydrogen-bond acceptors (Lipinski definition) is 3. The van der Waals surface area contributed by atoms with Crippen molar-refractivity contribution in [3.8, 4) is 17.2 Å². The van der Waals surface area contributed by atoms with Gasteiger partial charge in [0.25, 0.3) is 0 Å². The van der Waals surface area contributed by atoms with Gasteiger partial charge in [0, 0.05) is 33.8 Å². The fourth-order valence-corrected chi connectivity index (χ4v) is 4.26. The molecule has 0 radical (unpaired) electrons. The van der Waals surface area contributed by atoms with Crippen molar-refractivity contribution < 1.29 is 18.6 Å². The fourth-order valence-electron chi connectivity index (χ4n) is 3.77. The average Bonchev–Trinajstić information content (AvgIpc) is 2.77. The van der Waals surface area contributed by atoms with Crippen LogP contribution in [0.4, 0.5) is 14.5 Å². The maximum Gasteiger partial charge on any atom is 0.153 e. The summed E-state index contributed by atoms with van der Waals surface area (Å²) in [5, 5.41) is 11.2. The lowest BCUT2D eigenvalue weighted by Gasteiger charge is -2.27. The molecule has 3 rings (SSSR count). The topological polar surface area (TPSA) is 41.8 Å². The summed E-state index contributed by atoms with van der Waals surface area (Å²) >= 11 is 0. The van der Waals surface area contributed by atoms with Crippen LogP contribution >= 0.6 is 9.24 Å². The van der Waals surface area contributed by atoms with E-state index < -0.39 is 11.6 Å². The van der Waals surface area contributed by atoms with Crippen LogP contribution in [0.2, 0.25) is 0 Å². The first-order valence-electron chi connectivity index (χ1n) is 11.6. The Hall–Kier alpha value is -2.78. The molecule has 3 aromatic carbocycles. The third-order valence-electron chi connectivity index (χ3n) is 6.04. The molecule has 0 aromatic heterocycles. The Labute approximate surface area is 209 Å². The molecular weight excluding hydrogens is 463 g/mol. The SMILES string of the molecule is Cc1c(F)c(C)c(Oc2ccccc2N=Cc2cc(C(C)(C)C)cc(C(C)(C)C)c2O)c(P)c1F. The van der Waals surface area contributed by atoms with Crippen molar-refractivity contribution in [1.29, 1.82) is 0 Å². The number of phenols is 1. The molecule has 0 fully saturated rings. The molecule has 35 heavy (non-hydrogen) atoms. The summed E-state index contributed by atoms with van der Waals surface area (Å²) in [6.45, 7) is 15.5. The van der Waals surface area contributed by atoms with E-state index >= 15 is 0 Å². The monoisotopic (exact) mass is 497 g/mol. The van der Waals surface area contributed by atoms with Crippen LogP contribution in [0.3, 0.4) is 0 Å². The van der Waals surface area contributed by atoms with E-state index in [1.54, 1.807) is 37.4 Å². The van der Waals surface area contributed by atoms with Crippen molar-refractivity contribution in [3.05, 3.63) is 75.8 Å². The van der Waals surface area contributed by atoms with E-state index in [-0.39, 0.29) is 38.8 Å². The molecule has 1 atom stereocenters. The van der Waals surface area contributed by atoms with E-state index in [0.29, 0.717) is 17.0 Å². The number of phenolic OH excluding ortho intramolecular Hbond substituents is 1. The predicted octanol–water partition coefficient (Wildman–Crippen LogP) is 7.93. The van der Waals surface area contributed by atoms with Gasteiger partial charge in [-0.05, 0) is 48.4 Å². The molecule has 1 unspecified atom stereocenters. The molecule has 6 heteroatoms. The summed E-state index contributed by atoms with van der Waals surface area (Å²) in [4.78, 5) is 4.60. The second-order valence-corrected chi connectivity index (χ2v) is 11.5. The minimum Gasteiger partial charge on any atom is -0.507 e. The normalized spacial score (nSPS) is 12.4. The van der Waals surface area contributed by atoms with E-state index in [4.69, 9.17) is 4.74 Å². The summed E-state index contributed by atoms with van der Waals surface area (Å²) in [6.07, 6.45) is 1.60. The smallest absolute Gasteiger partial charge is 0.153 e. The Morgan fingerprint density at radius 3 is 2.14 bits per heavy atom.